The molecule has 5 rings (SSSR count). The molecule has 0 aliphatic carbocycles. The lowest BCUT2D eigenvalue weighted by molar-refractivity contribution is -0.142. The topological polar surface area (TPSA) is 59.5 Å². The van der Waals surface area contributed by atoms with E-state index in [1.165, 1.54) is 0 Å². The van der Waals surface area contributed by atoms with E-state index in [1.54, 1.807) is 17.4 Å². The van der Waals surface area contributed by atoms with Crippen molar-refractivity contribution in [1.29, 1.82) is 0 Å². The van der Waals surface area contributed by atoms with Gasteiger partial charge >= 0.3 is 5.97 Å². The first-order valence-electron chi connectivity index (χ1n) is 9.72. The van der Waals surface area contributed by atoms with Crippen molar-refractivity contribution < 1.29 is 14.3 Å². The van der Waals surface area contributed by atoms with Crippen molar-refractivity contribution in [1.82, 2.24) is 9.88 Å². The lowest BCUT2D eigenvalue weighted by atomic mass is 9.95. The van der Waals surface area contributed by atoms with Crippen LogP contribution in [-0.4, -0.2) is 41.0 Å². The van der Waals surface area contributed by atoms with Crippen LogP contribution in [0.25, 0.3) is 10.2 Å². The van der Waals surface area contributed by atoms with Gasteiger partial charge in [-0.05, 0) is 42.7 Å². The van der Waals surface area contributed by atoms with Crippen molar-refractivity contribution >= 4 is 45.0 Å². The standard InChI is InChI=1S/C22H19ClN2O3S/c23-15-5-6-19-17(12-15)24-20(29-19)13-7-9-25(10-8-13)21(26)18-11-14-3-1-2-4-16(14)22(27)28-18/h1-6,12-13,18H,7-11H2. The first kappa shape index (κ1) is 18.6. The normalized spacial score (nSPS) is 19.8. The van der Waals surface area contributed by atoms with Gasteiger partial charge in [-0.3, -0.25) is 4.79 Å². The number of carbonyl (C=O) groups excluding carboxylic acids is 2. The molecule has 1 amide bonds. The summed E-state index contributed by atoms with van der Waals surface area (Å²) in [6, 6.07) is 13.1. The minimum atomic E-state index is -0.724. The number of benzene rings is 2. The Morgan fingerprint density at radius 1 is 1.17 bits per heavy atom. The molecule has 2 aliphatic rings. The SMILES string of the molecule is O=C1OC(C(=O)N2CCC(c3nc4cc(Cl)ccc4s3)CC2)Cc2ccccc21. The zero-order valence-electron chi connectivity index (χ0n) is 15.6. The quantitative estimate of drug-likeness (QED) is 0.568. The van der Waals surface area contributed by atoms with Gasteiger partial charge in [0, 0.05) is 30.5 Å². The Bertz CT molecular complexity index is 1100. The zero-order valence-corrected chi connectivity index (χ0v) is 17.2. The molecule has 3 aromatic rings. The van der Waals surface area contributed by atoms with Gasteiger partial charge in [0.2, 0.25) is 0 Å². The maximum atomic E-state index is 13.0. The molecule has 1 unspecified atom stereocenters. The van der Waals surface area contributed by atoms with Crippen molar-refractivity contribution in [3.63, 3.8) is 0 Å². The first-order valence-corrected chi connectivity index (χ1v) is 10.9. The summed E-state index contributed by atoms with van der Waals surface area (Å²) < 4.78 is 6.57. The molecule has 0 radical (unpaired) electrons. The molecule has 1 aromatic heterocycles. The molecule has 2 aliphatic heterocycles. The van der Waals surface area contributed by atoms with Gasteiger partial charge in [-0.1, -0.05) is 29.8 Å². The Labute approximate surface area is 177 Å². The van der Waals surface area contributed by atoms with Gasteiger partial charge in [0.1, 0.15) is 0 Å². The fraction of sp³-hybridized carbons (Fsp3) is 0.318. The van der Waals surface area contributed by atoms with Gasteiger partial charge in [-0.2, -0.15) is 0 Å². The Hall–Kier alpha value is -2.44. The van der Waals surface area contributed by atoms with Crippen molar-refractivity contribution in [3.05, 3.63) is 63.6 Å². The third-order valence-electron chi connectivity index (χ3n) is 5.69. The number of rotatable bonds is 2. The van der Waals surface area contributed by atoms with Crippen LogP contribution in [0.5, 0.6) is 0 Å². The minimum absolute atomic E-state index is 0.0950. The molecule has 148 valence electrons. The summed E-state index contributed by atoms with van der Waals surface area (Å²) in [4.78, 5) is 31.8. The average molecular weight is 427 g/mol. The second-order valence-electron chi connectivity index (χ2n) is 7.52. The van der Waals surface area contributed by atoms with Gasteiger partial charge in [-0.25, -0.2) is 9.78 Å². The molecule has 0 bridgehead atoms. The van der Waals surface area contributed by atoms with Crippen LogP contribution in [-0.2, 0) is 16.0 Å². The Morgan fingerprint density at radius 3 is 2.79 bits per heavy atom. The number of amides is 1. The second-order valence-corrected chi connectivity index (χ2v) is 9.02. The van der Waals surface area contributed by atoms with Crippen molar-refractivity contribution in [2.45, 2.75) is 31.3 Å². The number of esters is 1. The van der Waals surface area contributed by atoms with Crippen molar-refractivity contribution in [2.24, 2.45) is 0 Å². The zero-order chi connectivity index (χ0) is 20.0. The summed E-state index contributed by atoms with van der Waals surface area (Å²) in [5, 5.41) is 1.80. The van der Waals surface area contributed by atoms with E-state index < -0.39 is 12.1 Å². The van der Waals surface area contributed by atoms with Gasteiger partial charge in [0.05, 0.1) is 20.8 Å². The van der Waals surface area contributed by atoms with Gasteiger partial charge in [0.25, 0.3) is 5.91 Å². The number of fused-ring (bicyclic) bond motifs is 2. The summed E-state index contributed by atoms with van der Waals surface area (Å²) in [7, 11) is 0. The molecule has 5 nitrogen and oxygen atoms in total. The number of carbonyl (C=O) groups is 2. The molecule has 3 heterocycles. The average Bonchev–Trinajstić information content (AvgIpc) is 3.16. The number of nitrogens with zero attached hydrogens (tertiary/aromatic N) is 2. The highest BCUT2D eigenvalue weighted by atomic mass is 35.5. The molecule has 2 aromatic carbocycles. The Balaban J connectivity index is 1.25. The van der Waals surface area contributed by atoms with Crippen LogP contribution in [0.2, 0.25) is 5.02 Å². The second kappa shape index (κ2) is 7.43. The highest BCUT2D eigenvalue weighted by molar-refractivity contribution is 7.18. The van der Waals surface area contributed by atoms with Gasteiger partial charge < -0.3 is 9.64 Å². The van der Waals surface area contributed by atoms with E-state index in [0.717, 1.165) is 33.6 Å². The smallest absolute Gasteiger partial charge is 0.339 e. The van der Waals surface area contributed by atoms with E-state index in [2.05, 4.69) is 0 Å². The van der Waals surface area contributed by atoms with E-state index in [4.69, 9.17) is 21.3 Å². The molecule has 0 N–H and O–H groups in total. The van der Waals surface area contributed by atoms with Gasteiger partial charge in [-0.15, -0.1) is 11.3 Å². The number of cyclic esters (lactones) is 1. The summed E-state index contributed by atoms with van der Waals surface area (Å²) in [6.07, 6.45) is 1.44. The molecule has 29 heavy (non-hydrogen) atoms. The number of likely N-dealkylation sites (tertiary alicyclic amines) is 1. The maximum absolute atomic E-state index is 13.0. The molecule has 0 spiro atoms. The monoisotopic (exact) mass is 426 g/mol. The molecule has 7 heteroatoms. The predicted molar refractivity (Wildman–Crippen MR) is 113 cm³/mol. The lowest BCUT2D eigenvalue weighted by Crippen LogP contribution is -2.47. The van der Waals surface area contributed by atoms with Crippen LogP contribution in [0.1, 0.15) is 39.7 Å². The molecule has 0 saturated carbocycles. The predicted octanol–water partition coefficient (Wildman–Crippen LogP) is 4.44. The number of hydrogen-bond acceptors (Lipinski definition) is 5. The number of piperidine rings is 1. The Kier molecular flexibility index (Phi) is 4.76. The van der Waals surface area contributed by atoms with E-state index >= 15 is 0 Å². The van der Waals surface area contributed by atoms with E-state index in [1.807, 2.05) is 41.3 Å². The van der Waals surface area contributed by atoms with E-state index in [-0.39, 0.29) is 5.91 Å². The summed E-state index contributed by atoms with van der Waals surface area (Å²) >= 11 is 7.77. The van der Waals surface area contributed by atoms with Crippen molar-refractivity contribution in [2.75, 3.05) is 13.1 Å². The third-order valence-corrected chi connectivity index (χ3v) is 7.12. The fourth-order valence-electron chi connectivity index (χ4n) is 4.11. The van der Waals surface area contributed by atoms with Crippen LogP contribution in [0.4, 0.5) is 0 Å². The number of thiazole rings is 1. The van der Waals surface area contributed by atoms with Crippen LogP contribution in [0.15, 0.2) is 42.5 Å². The fourth-order valence-corrected chi connectivity index (χ4v) is 5.40. The van der Waals surface area contributed by atoms with Crippen LogP contribution in [0.3, 0.4) is 0 Å². The van der Waals surface area contributed by atoms with Crippen molar-refractivity contribution in [3.8, 4) is 0 Å². The first-order chi connectivity index (χ1) is 14.1. The summed E-state index contributed by atoms with van der Waals surface area (Å²) in [5.74, 6) is -0.166. The minimum Gasteiger partial charge on any atom is -0.448 e. The lowest BCUT2D eigenvalue weighted by Gasteiger charge is -2.34. The summed E-state index contributed by atoms with van der Waals surface area (Å²) in [5.41, 5.74) is 2.38. The Morgan fingerprint density at radius 2 is 1.97 bits per heavy atom. The highest BCUT2D eigenvalue weighted by Crippen LogP contribution is 2.35. The largest absolute Gasteiger partial charge is 0.448 e. The molecule has 1 saturated heterocycles. The number of hydrogen-bond donors (Lipinski definition) is 0. The molecular formula is C22H19ClN2O3S. The van der Waals surface area contributed by atoms with Crippen LogP contribution >= 0.6 is 22.9 Å². The molecule has 1 atom stereocenters. The summed E-state index contributed by atoms with van der Waals surface area (Å²) in [6.45, 7) is 1.30. The van der Waals surface area contributed by atoms with E-state index in [9.17, 15) is 9.59 Å². The van der Waals surface area contributed by atoms with E-state index in [0.29, 0.717) is 36.0 Å². The third kappa shape index (κ3) is 3.51. The highest BCUT2D eigenvalue weighted by Gasteiger charge is 2.35. The van der Waals surface area contributed by atoms with Crippen LogP contribution < -0.4 is 0 Å². The number of ether oxygens (including phenoxy) is 1. The maximum Gasteiger partial charge on any atom is 0.339 e. The number of halogens is 1. The number of aromatic nitrogens is 1. The van der Waals surface area contributed by atoms with Gasteiger partial charge in [0.15, 0.2) is 6.10 Å². The molecule has 1 fully saturated rings. The van der Waals surface area contributed by atoms with Crippen LogP contribution in [0, 0.1) is 0 Å². The molecular weight excluding hydrogens is 408 g/mol.